The molecule has 5 heteroatoms. The molecule has 0 bridgehead atoms. The molecule has 0 saturated carbocycles. The van der Waals surface area contributed by atoms with E-state index in [1.165, 1.54) is 16.3 Å². The number of thioether (sulfide) groups is 1. The zero-order valence-electron chi connectivity index (χ0n) is 14.3. The topological polar surface area (TPSA) is 43.9 Å². The van der Waals surface area contributed by atoms with Crippen molar-refractivity contribution in [2.24, 2.45) is 0 Å². The van der Waals surface area contributed by atoms with Gasteiger partial charge in [0.25, 0.3) is 0 Å². The molecule has 0 spiro atoms. The number of fused-ring (bicyclic) bond motifs is 1. The van der Waals surface area contributed by atoms with E-state index in [1.54, 1.807) is 18.0 Å². The van der Waals surface area contributed by atoms with Gasteiger partial charge >= 0.3 is 0 Å². The van der Waals surface area contributed by atoms with E-state index >= 15 is 0 Å². The van der Waals surface area contributed by atoms with E-state index in [0.717, 1.165) is 34.6 Å². The number of rotatable bonds is 5. The van der Waals surface area contributed by atoms with E-state index in [9.17, 15) is 0 Å². The molecule has 0 aliphatic heterocycles. The Hall–Kier alpha value is -2.53. The monoisotopic (exact) mass is 349 g/mol. The molecule has 0 fully saturated rings. The number of hydrogen-bond acceptors (Lipinski definition) is 4. The molecule has 2 aromatic heterocycles. The number of hydrogen-bond donors (Lipinski definition) is 0. The van der Waals surface area contributed by atoms with Gasteiger partial charge in [-0.1, -0.05) is 54.2 Å². The van der Waals surface area contributed by atoms with Crippen molar-refractivity contribution >= 4 is 22.5 Å². The van der Waals surface area contributed by atoms with Crippen LogP contribution in [-0.4, -0.2) is 14.8 Å². The molecule has 0 atom stereocenters. The molecule has 0 N–H and O–H groups in total. The summed E-state index contributed by atoms with van der Waals surface area (Å²) >= 11 is 1.72. The summed E-state index contributed by atoms with van der Waals surface area (Å²) in [7, 11) is 0. The smallest absolute Gasteiger partial charge is 0.191 e. The lowest BCUT2D eigenvalue weighted by Crippen LogP contribution is -2.00. The maximum absolute atomic E-state index is 5.42. The molecule has 0 aliphatic carbocycles. The molecule has 2 aromatic carbocycles. The third-order valence-corrected chi connectivity index (χ3v) is 5.39. The summed E-state index contributed by atoms with van der Waals surface area (Å²) in [6.07, 6.45) is 1.70. The van der Waals surface area contributed by atoms with Gasteiger partial charge in [-0.3, -0.25) is 0 Å². The Balaban J connectivity index is 1.63. The van der Waals surface area contributed by atoms with E-state index in [0.29, 0.717) is 0 Å². The van der Waals surface area contributed by atoms with E-state index < -0.39 is 0 Å². The van der Waals surface area contributed by atoms with Gasteiger partial charge < -0.3 is 8.98 Å². The first kappa shape index (κ1) is 16.0. The third kappa shape index (κ3) is 2.96. The number of nitrogens with zero attached hydrogens (tertiary/aromatic N) is 3. The first-order valence-corrected chi connectivity index (χ1v) is 9.33. The predicted molar refractivity (Wildman–Crippen MR) is 102 cm³/mol. The van der Waals surface area contributed by atoms with Crippen LogP contribution in [-0.2, 0) is 12.3 Å². The summed E-state index contributed by atoms with van der Waals surface area (Å²) in [4.78, 5) is 0. The fourth-order valence-corrected chi connectivity index (χ4v) is 4.06. The third-order valence-electron chi connectivity index (χ3n) is 4.37. The molecule has 25 heavy (non-hydrogen) atoms. The summed E-state index contributed by atoms with van der Waals surface area (Å²) in [6.45, 7) is 4.89. The molecular weight excluding hydrogens is 330 g/mol. The van der Waals surface area contributed by atoms with Crippen molar-refractivity contribution in [3.8, 4) is 11.4 Å². The average Bonchev–Trinajstić information content (AvgIpc) is 3.25. The highest BCUT2D eigenvalue weighted by Gasteiger charge is 2.16. The highest BCUT2D eigenvalue weighted by Crippen LogP contribution is 2.30. The second-order valence-electron chi connectivity index (χ2n) is 5.87. The lowest BCUT2D eigenvalue weighted by molar-refractivity contribution is 0.534. The Bertz CT molecular complexity index is 1010. The second kappa shape index (κ2) is 6.76. The van der Waals surface area contributed by atoms with Gasteiger partial charge in [-0.2, -0.15) is 0 Å². The van der Waals surface area contributed by atoms with Crippen LogP contribution < -0.4 is 0 Å². The number of aromatic nitrogens is 3. The van der Waals surface area contributed by atoms with Crippen molar-refractivity contribution in [1.82, 2.24) is 14.8 Å². The Labute approximate surface area is 150 Å². The molecule has 4 nitrogen and oxygen atoms in total. The Morgan fingerprint density at radius 1 is 1.04 bits per heavy atom. The van der Waals surface area contributed by atoms with Crippen LogP contribution in [0, 0.1) is 6.92 Å². The number of benzene rings is 2. The van der Waals surface area contributed by atoms with Gasteiger partial charge in [0.1, 0.15) is 5.76 Å². The van der Waals surface area contributed by atoms with Crippen molar-refractivity contribution in [3.63, 3.8) is 0 Å². The fraction of sp³-hybridized carbons (Fsp3) is 0.200. The summed E-state index contributed by atoms with van der Waals surface area (Å²) < 4.78 is 7.56. The lowest BCUT2D eigenvalue weighted by Gasteiger charge is -2.08. The van der Waals surface area contributed by atoms with E-state index in [2.05, 4.69) is 64.2 Å². The lowest BCUT2D eigenvalue weighted by atomic mass is 10.1. The maximum atomic E-state index is 5.42. The van der Waals surface area contributed by atoms with Crippen LogP contribution in [0.2, 0.25) is 0 Å². The minimum Gasteiger partial charge on any atom is -0.469 e. The summed E-state index contributed by atoms with van der Waals surface area (Å²) in [6, 6.07) is 16.9. The maximum Gasteiger partial charge on any atom is 0.191 e. The summed E-state index contributed by atoms with van der Waals surface area (Å²) in [5.74, 6) is 2.60. The summed E-state index contributed by atoms with van der Waals surface area (Å²) in [5, 5.41) is 12.3. The molecule has 0 unspecified atom stereocenters. The zero-order chi connectivity index (χ0) is 17.2. The van der Waals surface area contributed by atoms with Crippen molar-refractivity contribution in [2.45, 2.75) is 31.3 Å². The Kier molecular flexibility index (Phi) is 4.32. The molecule has 4 aromatic rings. The van der Waals surface area contributed by atoms with Gasteiger partial charge in [0.2, 0.25) is 0 Å². The summed E-state index contributed by atoms with van der Waals surface area (Å²) in [5.41, 5.74) is 2.32. The van der Waals surface area contributed by atoms with Gasteiger partial charge in [-0.25, -0.2) is 0 Å². The fourth-order valence-electron chi connectivity index (χ4n) is 3.06. The molecule has 2 heterocycles. The van der Waals surface area contributed by atoms with E-state index in [-0.39, 0.29) is 0 Å². The van der Waals surface area contributed by atoms with Crippen molar-refractivity contribution in [2.75, 3.05) is 0 Å². The standard InChI is InChI=1S/C20H19N3OS/c1-3-23-19(17-11-12-24-14(17)2)21-22-20(23)25-13-16-9-6-8-15-7-4-5-10-18(15)16/h4-12H,3,13H2,1-2H3. The van der Waals surface area contributed by atoms with Crippen LogP contribution >= 0.6 is 11.8 Å². The number of aryl methyl sites for hydroxylation is 1. The van der Waals surface area contributed by atoms with Crippen LogP contribution in [0.15, 0.2) is 64.4 Å². The average molecular weight is 349 g/mol. The largest absolute Gasteiger partial charge is 0.469 e. The highest BCUT2D eigenvalue weighted by molar-refractivity contribution is 7.98. The van der Waals surface area contributed by atoms with Crippen LogP contribution in [0.1, 0.15) is 18.2 Å². The van der Waals surface area contributed by atoms with Gasteiger partial charge in [-0.15, -0.1) is 10.2 Å². The van der Waals surface area contributed by atoms with Gasteiger partial charge in [0.05, 0.1) is 11.8 Å². The highest BCUT2D eigenvalue weighted by atomic mass is 32.2. The Morgan fingerprint density at radius 3 is 2.68 bits per heavy atom. The van der Waals surface area contributed by atoms with E-state index in [4.69, 9.17) is 4.42 Å². The van der Waals surface area contributed by atoms with Crippen LogP contribution in [0.3, 0.4) is 0 Å². The van der Waals surface area contributed by atoms with Crippen LogP contribution in [0.25, 0.3) is 22.2 Å². The molecule has 0 aliphatic rings. The van der Waals surface area contributed by atoms with Crippen molar-refractivity contribution < 1.29 is 4.42 Å². The second-order valence-corrected chi connectivity index (χ2v) is 6.81. The van der Waals surface area contributed by atoms with Crippen molar-refractivity contribution in [1.29, 1.82) is 0 Å². The molecule has 4 rings (SSSR count). The molecule has 0 saturated heterocycles. The predicted octanol–water partition coefficient (Wildman–Crippen LogP) is 5.31. The quantitative estimate of drug-likeness (QED) is 0.458. The van der Waals surface area contributed by atoms with Crippen molar-refractivity contribution in [3.05, 3.63) is 66.1 Å². The first-order valence-electron chi connectivity index (χ1n) is 8.35. The molecular formula is C20H19N3OS. The molecule has 0 radical (unpaired) electrons. The SMILES string of the molecule is CCn1c(SCc2cccc3ccccc23)nnc1-c1ccoc1C. The van der Waals surface area contributed by atoms with Crippen LogP contribution in [0.4, 0.5) is 0 Å². The van der Waals surface area contributed by atoms with Gasteiger partial charge in [-0.05, 0) is 36.2 Å². The Morgan fingerprint density at radius 2 is 1.88 bits per heavy atom. The van der Waals surface area contributed by atoms with Gasteiger partial charge in [0, 0.05) is 12.3 Å². The van der Waals surface area contributed by atoms with Gasteiger partial charge in [0.15, 0.2) is 11.0 Å². The number of furan rings is 1. The minimum atomic E-state index is 0.824. The molecule has 126 valence electrons. The normalized spacial score (nSPS) is 11.3. The van der Waals surface area contributed by atoms with Crippen LogP contribution in [0.5, 0.6) is 0 Å². The first-order chi connectivity index (χ1) is 12.3. The zero-order valence-corrected chi connectivity index (χ0v) is 15.1. The minimum absolute atomic E-state index is 0.824. The van der Waals surface area contributed by atoms with E-state index in [1.807, 2.05) is 13.0 Å². The molecule has 0 amide bonds.